The highest BCUT2D eigenvalue weighted by Gasteiger charge is 2.10. The largest absolute Gasteiger partial charge is 0.469 e. The molecular weight excluding hydrogens is 325 g/mol. The van der Waals surface area contributed by atoms with Crippen LogP contribution in [0.2, 0.25) is 0 Å². The SMILES string of the molecule is CC(=O)Oc1cccc2ccc(OCC(=O)c3ccc(F)cc3)nc12. The molecule has 0 fully saturated rings. The molecule has 1 aromatic heterocycles. The van der Waals surface area contributed by atoms with Gasteiger partial charge in [0.1, 0.15) is 11.3 Å². The van der Waals surface area contributed by atoms with E-state index >= 15 is 0 Å². The lowest BCUT2D eigenvalue weighted by Gasteiger charge is -2.08. The van der Waals surface area contributed by atoms with Gasteiger partial charge in [0.05, 0.1) is 0 Å². The maximum atomic E-state index is 12.9. The number of aromatic nitrogens is 1. The van der Waals surface area contributed by atoms with Gasteiger partial charge in [0.25, 0.3) is 0 Å². The van der Waals surface area contributed by atoms with Crippen molar-refractivity contribution >= 4 is 22.7 Å². The molecule has 0 radical (unpaired) electrons. The average molecular weight is 339 g/mol. The molecule has 0 amide bonds. The summed E-state index contributed by atoms with van der Waals surface area (Å²) >= 11 is 0. The summed E-state index contributed by atoms with van der Waals surface area (Å²) in [4.78, 5) is 27.5. The van der Waals surface area contributed by atoms with E-state index in [2.05, 4.69) is 4.98 Å². The fourth-order valence-electron chi connectivity index (χ4n) is 2.28. The van der Waals surface area contributed by atoms with Crippen LogP contribution in [0.1, 0.15) is 17.3 Å². The van der Waals surface area contributed by atoms with Crippen LogP contribution in [-0.2, 0) is 4.79 Å². The third-order valence-electron chi connectivity index (χ3n) is 3.43. The second-order valence-corrected chi connectivity index (χ2v) is 5.29. The quantitative estimate of drug-likeness (QED) is 0.404. The van der Waals surface area contributed by atoms with Crippen molar-refractivity contribution in [3.05, 3.63) is 66.0 Å². The molecule has 0 unspecified atom stereocenters. The van der Waals surface area contributed by atoms with Crippen LogP contribution in [0, 0.1) is 5.82 Å². The van der Waals surface area contributed by atoms with Crippen molar-refractivity contribution < 1.29 is 23.5 Å². The number of halogens is 1. The van der Waals surface area contributed by atoms with Crippen molar-refractivity contribution in [1.29, 1.82) is 0 Å². The number of ether oxygens (including phenoxy) is 2. The summed E-state index contributed by atoms with van der Waals surface area (Å²) in [7, 11) is 0. The van der Waals surface area contributed by atoms with Crippen molar-refractivity contribution in [2.45, 2.75) is 6.92 Å². The van der Waals surface area contributed by atoms with Crippen molar-refractivity contribution in [1.82, 2.24) is 4.98 Å². The zero-order valence-electron chi connectivity index (χ0n) is 13.4. The number of esters is 1. The average Bonchev–Trinajstić information content (AvgIpc) is 2.60. The molecular formula is C19H14FNO4. The minimum atomic E-state index is -0.452. The summed E-state index contributed by atoms with van der Waals surface area (Å²) in [5.41, 5.74) is 0.812. The predicted molar refractivity (Wildman–Crippen MR) is 89.3 cm³/mol. The first kappa shape index (κ1) is 16.6. The number of carbonyl (C=O) groups is 2. The molecule has 1 heterocycles. The summed E-state index contributed by atoms with van der Waals surface area (Å²) in [5, 5.41) is 0.774. The fourth-order valence-corrected chi connectivity index (χ4v) is 2.28. The summed E-state index contributed by atoms with van der Waals surface area (Å²) in [6.45, 7) is 1.07. The standard InChI is InChI=1S/C19H14FNO4/c1-12(22)25-17-4-2-3-14-7-10-18(21-19(14)17)24-11-16(23)13-5-8-15(20)9-6-13/h2-10H,11H2,1H3. The highest BCUT2D eigenvalue weighted by molar-refractivity contribution is 5.97. The fraction of sp³-hybridized carbons (Fsp3) is 0.105. The first-order chi connectivity index (χ1) is 12.0. The van der Waals surface area contributed by atoms with Crippen molar-refractivity contribution in [2.24, 2.45) is 0 Å². The molecule has 0 aliphatic rings. The third-order valence-corrected chi connectivity index (χ3v) is 3.43. The van der Waals surface area contributed by atoms with E-state index in [0.717, 1.165) is 5.39 Å². The van der Waals surface area contributed by atoms with E-state index in [1.54, 1.807) is 24.3 Å². The second kappa shape index (κ2) is 7.09. The Kier molecular flexibility index (Phi) is 4.70. The third kappa shape index (κ3) is 3.98. The maximum absolute atomic E-state index is 12.9. The Balaban J connectivity index is 1.78. The van der Waals surface area contributed by atoms with Crippen LogP contribution in [0.5, 0.6) is 11.6 Å². The molecule has 5 nitrogen and oxygen atoms in total. The number of nitrogens with zero attached hydrogens (tertiary/aromatic N) is 1. The van der Waals surface area contributed by atoms with Crippen LogP contribution in [0.15, 0.2) is 54.6 Å². The van der Waals surface area contributed by atoms with Gasteiger partial charge >= 0.3 is 5.97 Å². The number of para-hydroxylation sites is 1. The second-order valence-electron chi connectivity index (χ2n) is 5.29. The number of carbonyl (C=O) groups excluding carboxylic acids is 2. The summed E-state index contributed by atoms with van der Waals surface area (Å²) in [6.07, 6.45) is 0. The number of fused-ring (bicyclic) bond motifs is 1. The molecule has 2 aromatic carbocycles. The molecule has 0 bridgehead atoms. The van der Waals surface area contributed by atoms with Crippen molar-refractivity contribution in [2.75, 3.05) is 6.61 Å². The molecule has 0 spiro atoms. The lowest BCUT2D eigenvalue weighted by atomic mass is 10.1. The molecule has 25 heavy (non-hydrogen) atoms. The van der Waals surface area contributed by atoms with Gasteiger partial charge in [-0.25, -0.2) is 9.37 Å². The zero-order chi connectivity index (χ0) is 17.8. The Bertz CT molecular complexity index is 938. The van der Waals surface area contributed by atoms with Gasteiger partial charge < -0.3 is 9.47 Å². The van der Waals surface area contributed by atoms with Gasteiger partial charge in [-0.2, -0.15) is 0 Å². The van der Waals surface area contributed by atoms with E-state index < -0.39 is 11.8 Å². The highest BCUT2D eigenvalue weighted by Crippen LogP contribution is 2.26. The molecule has 0 saturated carbocycles. The van der Waals surface area contributed by atoms with Crippen molar-refractivity contribution in [3.8, 4) is 11.6 Å². The van der Waals surface area contributed by atoms with Crippen LogP contribution in [0.4, 0.5) is 4.39 Å². The van der Waals surface area contributed by atoms with Gasteiger partial charge in [-0.1, -0.05) is 12.1 Å². The lowest BCUT2D eigenvalue weighted by molar-refractivity contribution is -0.131. The molecule has 0 atom stereocenters. The van der Waals surface area contributed by atoms with E-state index in [0.29, 0.717) is 16.8 Å². The van der Waals surface area contributed by atoms with Crippen LogP contribution in [-0.4, -0.2) is 23.3 Å². The Morgan fingerprint density at radius 1 is 1.04 bits per heavy atom. The topological polar surface area (TPSA) is 65.5 Å². The summed E-state index contributed by atoms with van der Waals surface area (Å²) < 4.78 is 23.4. The molecule has 6 heteroatoms. The van der Waals surface area contributed by atoms with Gasteiger partial charge in [0, 0.05) is 23.9 Å². The zero-order valence-corrected chi connectivity index (χ0v) is 13.4. The number of Topliss-reactive ketones (excluding diaryl/α,β-unsaturated/α-hetero) is 1. The van der Waals surface area contributed by atoms with Gasteiger partial charge in [0.2, 0.25) is 5.88 Å². The molecule has 0 aliphatic carbocycles. The van der Waals surface area contributed by atoms with E-state index in [1.807, 2.05) is 6.07 Å². The molecule has 3 rings (SSSR count). The minimum Gasteiger partial charge on any atom is -0.469 e. The number of rotatable bonds is 5. The predicted octanol–water partition coefficient (Wildman–Crippen LogP) is 3.56. The first-order valence-corrected chi connectivity index (χ1v) is 7.53. The Hall–Kier alpha value is -3.28. The summed E-state index contributed by atoms with van der Waals surface area (Å²) in [5.74, 6) is -0.614. The Labute approximate surface area is 143 Å². The number of ketones is 1. The van der Waals surface area contributed by atoms with E-state index in [4.69, 9.17) is 9.47 Å². The van der Waals surface area contributed by atoms with Crippen LogP contribution >= 0.6 is 0 Å². The normalized spacial score (nSPS) is 10.5. The van der Waals surface area contributed by atoms with Crippen LogP contribution in [0.25, 0.3) is 10.9 Å². The molecule has 3 aromatic rings. The molecule has 126 valence electrons. The van der Waals surface area contributed by atoms with E-state index in [-0.39, 0.29) is 18.3 Å². The smallest absolute Gasteiger partial charge is 0.308 e. The van der Waals surface area contributed by atoms with Gasteiger partial charge in [-0.3, -0.25) is 9.59 Å². The van der Waals surface area contributed by atoms with Gasteiger partial charge in [-0.05, 0) is 36.4 Å². The lowest BCUT2D eigenvalue weighted by Crippen LogP contribution is -2.12. The Morgan fingerprint density at radius 3 is 2.52 bits per heavy atom. The number of hydrogen-bond acceptors (Lipinski definition) is 5. The number of hydrogen-bond donors (Lipinski definition) is 0. The molecule has 0 aliphatic heterocycles. The summed E-state index contributed by atoms with van der Waals surface area (Å²) in [6, 6.07) is 13.8. The molecule has 0 N–H and O–H groups in total. The maximum Gasteiger partial charge on any atom is 0.308 e. The van der Waals surface area contributed by atoms with Crippen LogP contribution in [0.3, 0.4) is 0 Å². The van der Waals surface area contributed by atoms with Gasteiger partial charge in [-0.15, -0.1) is 0 Å². The monoisotopic (exact) mass is 339 g/mol. The molecule has 0 saturated heterocycles. The number of benzene rings is 2. The van der Waals surface area contributed by atoms with Crippen molar-refractivity contribution in [3.63, 3.8) is 0 Å². The minimum absolute atomic E-state index is 0.225. The first-order valence-electron chi connectivity index (χ1n) is 7.53. The van der Waals surface area contributed by atoms with Gasteiger partial charge in [0.15, 0.2) is 18.1 Å². The van der Waals surface area contributed by atoms with Crippen LogP contribution < -0.4 is 9.47 Å². The van der Waals surface area contributed by atoms with E-state index in [9.17, 15) is 14.0 Å². The number of pyridine rings is 1. The highest BCUT2D eigenvalue weighted by atomic mass is 19.1. The Morgan fingerprint density at radius 2 is 1.80 bits per heavy atom. The van der Waals surface area contributed by atoms with E-state index in [1.165, 1.54) is 31.2 Å².